The van der Waals surface area contributed by atoms with Crippen LogP contribution >= 0.6 is 0 Å². The van der Waals surface area contributed by atoms with Crippen LogP contribution in [0.5, 0.6) is 0 Å². The van der Waals surface area contributed by atoms with Crippen molar-refractivity contribution in [3.05, 3.63) is 29.3 Å². The highest BCUT2D eigenvalue weighted by Crippen LogP contribution is 2.19. The highest BCUT2D eigenvalue weighted by Gasteiger charge is 2.23. The fourth-order valence-electron chi connectivity index (χ4n) is 1.87. The van der Waals surface area contributed by atoms with Gasteiger partial charge in [0.05, 0.1) is 11.7 Å². The molecule has 2 N–H and O–H groups in total. The highest BCUT2D eigenvalue weighted by molar-refractivity contribution is 5.95. The SMILES string of the molecule is Cc1cc(F)c(NC(=O)[C@@H]2CCCN2)cc1F. The predicted molar refractivity (Wildman–Crippen MR) is 60.7 cm³/mol. The summed E-state index contributed by atoms with van der Waals surface area (Å²) in [5.41, 5.74) is 0.117. The molecule has 0 saturated carbocycles. The van der Waals surface area contributed by atoms with Gasteiger partial charge in [0.15, 0.2) is 0 Å². The largest absolute Gasteiger partial charge is 0.322 e. The monoisotopic (exact) mass is 240 g/mol. The normalized spacial score (nSPS) is 19.4. The van der Waals surface area contributed by atoms with E-state index < -0.39 is 11.6 Å². The maximum Gasteiger partial charge on any atom is 0.241 e. The van der Waals surface area contributed by atoms with Crippen molar-refractivity contribution in [3.63, 3.8) is 0 Å². The third kappa shape index (κ3) is 2.61. The number of hydrogen-bond donors (Lipinski definition) is 2. The number of amides is 1. The van der Waals surface area contributed by atoms with Gasteiger partial charge in [0, 0.05) is 6.07 Å². The average Bonchev–Trinajstić information content (AvgIpc) is 2.79. The first kappa shape index (κ1) is 12.0. The molecule has 0 aromatic heterocycles. The molecule has 3 nitrogen and oxygen atoms in total. The summed E-state index contributed by atoms with van der Waals surface area (Å²) in [4.78, 5) is 11.7. The van der Waals surface area contributed by atoms with Crippen LogP contribution in [0.4, 0.5) is 14.5 Å². The molecule has 1 aromatic carbocycles. The van der Waals surface area contributed by atoms with Gasteiger partial charge >= 0.3 is 0 Å². The van der Waals surface area contributed by atoms with Crippen molar-refractivity contribution in [1.29, 1.82) is 0 Å². The van der Waals surface area contributed by atoms with Gasteiger partial charge in [-0.3, -0.25) is 4.79 Å². The molecule has 0 radical (unpaired) electrons. The van der Waals surface area contributed by atoms with Crippen LogP contribution in [0.3, 0.4) is 0 Å². The summed E-state index contributed by atoms with van der Waals surface area (Å²) in [6.07, 6.45) is 1.64. The lowest BCUT2D eigenvalue weighted by atomic mass is 10.2. The molecular formula is C12H14F2N2O. The summed E-state index contributed by atoms with van der Waals surface area (Å²) in [5, 5.41) is 5.40. The molecule has 17 heavy (non-hydrogen) atoms. The van der Waals surface area contributed by atoms with Gasteiger partial charge < -0.3 is 10.6 Å². The number of carbonyl (C=O) groups is 1. The van der Waals surface area contributed by atoms with Gasteiger partial charge in [0.25, 0.3) is 0 Å². The van der Waals surface area contributed by atoms with Gasteiger partial charge in [0.1, 0.15) is 11.6 Å². The first-order valence-electron chi connectivity index (χ1n) is 5.58. The van der Waals surface area contributed by atoms with E-state index in [1.165, 1.54) is 6.92 Å². The zero-order valence-electron chi connectivity index (χ0n) is 9.52. The van der Waals surface area contributed by atoms with Crippen molar-refractivity contribution in [2.45, 2.75) is 25.8 Å². The van der Waals surface area contributed by atoms with E-state index >= 15 is 0 Å². The van der Waals surface area contributed by atoms with Crippen LogP contribution in [0, 0.1) is 18.6 Å². The summed E-state index contributed by atoms with van der Waals surface area (Å²) < 4.78 is 26.7. The number of aryl methyl sites for hydroxylation is 1. The van der Waals surface area contributed by atoms with E-state index in [1.807, 2.05) is 0 Å². The minimum atomic E-state index is -0.616. The standard InChI is InChI=1S/C12H14F2N2O/c1-7-5-9(14)11(6-8(7)13)16-12(17)10-3-2-4-15-10/h5-6,10,15H,2-4H2,1H3,(H,16,17)/t10-/m0/s1. The molecule has 0 aliphatic carbocycles. The Kier molecular flexibility index (Phi) is 3.38. The van der Waals surface area contributed by atoms with Crippen molar-refractivity contribution in [3.8, 4) is 0 Å². The first-order chi connectivity index (χ1) is 8.08. The number of hydrogen-bond acceptors (Lipinski definition) is 2. The van der Waals surface area contributed by atoms with Crippen molar-refractivity contribution >= 4 is 11.6 Å². The van der Waals surface area contributed by atoms with Gasteiger partial charge in [0.2, 0.25) is 5.91 Å². The smallest absolute Gasteiger partial charge is 0.241 e. The minimum absolute atomic E-state index is 0.105. The Morgan fingerprint density at radius 1 is 1.41 bits per heavy atom. The van der Waals surface area contributed by atoms with Crippen LogP contribution in [-0.2, 0) is 4.79 Å². The second-order valence-electron chi connectivity index (χ2n) is 4.22. The number of nitrogens with one attached hydrogen (secondary N) is 2. The molecule has 1 atom stereocenters. The Bertz CT molecular complexity index is 442. The molecule has 1 fully saturated rings. The predicted octanol–water partition coefficient (Wildman–Crippen LogP) is 1.96. The molecule has 1 heterocycles. The molecule has 0 unspecified atom stereocenters. The quantitative estimate of drug-likeness (QED) is 0.829. The number of halogens is 2. The van der Waals surface area contributed by atoms with Crippen molar-refractivity contribution < 1.29 is 13.6 Å². The van der Waals surface area contributed by atoms with E-state index in [4.69, 9.17) is 0 Å². The van der Waals surface area contributed by atoms with Crippen LogP contribution in [0.25, 0.3) is 0 Å². The van der Waals surface area contributed by atoms with Crippen LogP contribution in [0.15, 0.2) is 12.1 Å². The van der Waals surface area contributed by atoms with E-state index in [1.54, 1.807) is 0 Å². The lowest BCUT2D eigenvalue weighted by molar-refractivity contribution is -0.117. The van der Waals surface area contributed by atoms with E-state index in [0.29, 0.717) is 0 Å². The summed E-state index contributed by atoms with van der Waals surface area (Å²) in [7, 11) is 0. The number of benzene rings is 1. The molecule has 0 spiro atoms. The van der Waals surface area contributed by atoms with E-state index in [-0.39, 0.29) is 23.2 Å². The third-order valence-electron chi connectivity index (χ3n) is 2.88. The van der Waals surface area contributed by atoms with Crippen LogP contribution < -0.4 is 10.6 Å². The minimum Gasteiger partial charge on any atom is -0.322 e. The molecule has 0 bridgehead atoms. The second kappa shape index (κ2) is 4.79. The van der Waals surface area contributed by atoms with Crippen molar-refractivity contribution in [1.82, 2.24) is 5.32 Å². The fourth-order valence-corrected chi connectivity index (χ4v) is 1.87. The van der Waals surface area contributed by atoms with E-state index in [2.05, 4.69) is 10.6 Å². The van der Waals surface area contributed by atoms with Gasteiger partial charge in [-0.2, -0.15) is 0 Å². The van der Waals surface area contributed by atoms with E-state index in [9.17, 15) is 13.6 Å². The maximum absolute atomic E-state index is 13.5. The maximum atomic E-state index is 13.5. The Hall–Kier alpha value is -1.49. The van der Waals surface area contributed by atoms with Crippen molar-refractivity contribution in [2.75, 3.05) is 11.9 Å². The summed E-state index contributed by atoms with van der Waals surface area (Å²) in [6, 6.07) is 1.78. The van der Waals surface area contributed by atoms with Gasteiger partial charge in [-0.1, -0.05) is 0 Å². The molecule has 2 rings (SSSR count). The lowest BCUT2D eigenvalue weighted by Crippen LogP contribution is -2.35. The van der Waals surface area contributed by atoms with E-state index in [0.717, 1.165) is 31.5 Å². The second-order valence-corrected chi connectivity index (χ2v) is 4.22. The zero-order chi connectivity index (χ0) is 12.4. The summed E-state index contributed by atoms with van der Waals surface area (Å²) in [6.45, 7) is 2.26. The number of anilines is 1. The van der Waals surface area contributed by atoms with Crippen LogP contribution in [0.2, 0.25) is 0 Å². The number of rotatable bonds is 2. The Morgan fingerprint density at radius 2 is 2.18 bits per heavy atom. The van der Waals surface area contributed by atoms with Crippen LogP contribution in [-0.4, -0.2) is 18.5 Å². The molecule has 1 aromatic rings. The molecule has 1 amide bonds. The Morgan fingerprint density at radius 3 is 2.82 bits per heavy atom. The molecular weight excluding hydrogens is 226 g/mol. The zero-order valence-corrected chi connectivity index (χ0v) is 9.52. The number of carbonyl (C=O) groups excluding carboxylic acids is 1. The van der Waals surface area contributed by atoms with Crippen molar-refractivity contribution in [2.24, 2.45) is 0 Å². The average molecular weight is 240 g/mol. The van der Waals surface area contributed by atoms with Gasteiger partial charge in [-0.25, -0.2) is 8.78 Å². The first-order valence-corrected chi connectivity index (χ1v) is 5.58. The molecule has 1 aliphatic heterocycles. The molecule has 1 aliphatic rings. The van der Waals surface area contributed by atoms with Crippen LogP contribution in [0.1, 0.15) is 18.4 Å². The van der Waals surface area contributed by atoms with Gasteiger partial charge in [-0.15, -0.1) is 0 Å². The fraction of sp³-hybridized carbons (Fsp3) is 0.417. The highest BCUT2D eigenvalue weighted by atomic mass is 19.1. The molecule has 1 saturated heterocycles. The topological polar surface area (TPSA) is 41.1 Å². The Balaban J connectivity index is 2.12. The van der Waals surface area contributed by atoms with Gasteiger partial charge in [-0.05, 0) is 37.9 Å². The summed E-state index contributed by atoms with van der Waals surface area (Å²) in [5.74, 6) is -1.46. The third-order valence-corrected chi connectivity index (χ3v) is 2.88. The Labute approximate surface area is 98.2 Å². The lowest BCUT2D eigenvalue weighted by Gasteiger charge is -2.12. The molecule has 92 valence electrons. The molecule has 5 heteroatoms. The summed E-state index contributed by atoms with van der Waals surface area (Å²) >= 11 is 0.